The van der Waals surface area contributed by atoms with Crippen LogP contribution in [0.1, 0.15) is 478 Å². The lowest BCUT2D eigenvalue weighted by atomic mass is 10.0. The topological polar surface area (TPSA) is 173 Å². The van der Waals surface area contributed by atoms with Crippen molar-refractivity contribution in [3.05, 3.63) is 0 Å². The molecule has 5 N–H and O–H groups in total. The van der Waals surface area contributed by atoms with Crippen molar-refractivity contribution in [2.24, 2.45) is 0 Å². The van der Waals surface area contributed by atoms with Gasteiger partial charge in [-0.15, -0.1) is 0 Å². The van der Waals surface area contributed by atoms with E-state index in [0.717, 1.165) is 168 Å². The van der Waals surface area contributed by atoms with Crippen LogP contribution >= 0.6 is 0 Å². The van der Waals surface area contributed by atoms with Gasteiger partial charge in [-0.2, -0.15) is 0 Å². The van der Waals surface area contributed by atoms with Crippen molar-refractivity contribution >= 4 is 0 Å². The summed E-state index contributed by atoms with van der Waals surface area (Å²) in [7, 11) is 0. The van der Waals surface area contributed by atoms with Gasteiger partial charge in [-0.25, -0.2) is 0 Å². The van der Waals surface area contributed by atoms with Crippen LogP contribution in [-0.4, -0.2) is 258 Å². The van der Waals surface area contributed by atoms with Crippen molar-refractivity contribution in [3.63, 3.8) is 0 Å². The van der Waals surface area contributed by atoms with Crippen LogP contribution in [0.25, 0.3) is 0 Å². The van der Waals surface area contributed by atoms with Crippen LogP contribution in [0, 0.1) is 0 Å². The molecule has 0 aromatic rings. The fourth-order valence-electron chi connectivity index (χ4n) is 18.0. The van der Waals surface area contributed by atoms with Crippen LogP contribution in [0.3, 0.4) is 0 Å². The minimum Gasteiger partial charge on any atom is -0.392 e. The van der Waals surface area contributed by atoms with E-state index in [1.165, 1.54) is 353 Å². The second-order valence-electron chi connectivity index (χ2n) is 38.2. The number of piperazine rings is 1. The first-order chi connectivity index (χ1) is 60.1. The van der Waals surface area contributed by atoms with Crippen LogP contribution in [-0.2, 0) is 28.4 Å². The van der Waals surface area contributed by atoms with Crippen molar-refractivity contribution in [2.75, 3.05) is 177 Å². The fourth-order valence-corrected chi connectivity index (χ4v) is 18.0. The maximum Gasteiger partial charge on any atom is 0.0701 e. The molecule has 1 saturated heterocycles. The first-order valence-electron chi connectivity index (χ1n) is 54.6. The van der Waals surface area contributed by atoms with Gasteiger partial charge in [-0.05, 0) is 57.8 Å². The van der Waals surface area contributed by atoms with Crippen LogP contribution in [0.4, 0.5) is 0 Å². The lowest BCUT2D eigenvalue weighted by Crippen LogP contribution is -2.49. The molecule has 5 atom stereocenters. The molecule has 5 unspecified atom stereocenters. The van der Waals surface area contributed by atoms with Crippen molar-refractivity contribution in [1.29, 1.82) is 0 Å². The zero-order valence-corrected chi connectivity index (χ0v) is 82.7. The molecule has 0 saturated carbocycles. The van der Waals surface area contributed by atoms with Gasteiger partial charge in [0, 0.05) is 125 Å². The lowest BCUT2D eigenvalue weighted by Gasteiger charge is -2.36. The maximum atomic E-state index is 11.4. The van der Waals surface area contributed by atoms with Crippen molar-refractivity contribution in [1.82, 2.24) is 24.5 Å². The van der Waals surface area contributed by atoms with Crippen LogP contribution in [0.2, 0.25) is 0 Å². The lowest BCUT2D eigenvalue weighted by molar-refractivity contribution is 0.00827. The summed E-state index contributed by atoms with van der Waals surface area (Å²) in [5.41, 5.74) is 0. The highest BCUT2D eigenvalue weighted by molar-refractivity contribution is 4.77. The summed E-state index contributed by atoms with van der Waals surface area (Å²) in [6.07, 6.45) is 85.5. The third-order valence-corrected chi connectivity index (χ3v) is 26.0. The molecule has 0 amide bonds. The molecule has 0 spiro atoms. The standard InChI is InChI=1S/C106H217N5O11/c1-6-11-16-21-26-31-36-41-46-51-56-61-70-102(112)97-109(76-67-86-118-90-94-122-96-92-120-88-69-78-111(100-105(115)73-64-59-54-49-44-39-34-29-24-19-14-9-4)101-106(116)74-65-60-55-50-45-40-35-30-25-20-15-10-5)84-83-108-81-79-107(80-82-108)75-66-85-117-89-93-121-95-91-119-87-68-77-110(98-103(113)71-62-57-52-47-42-37-32-27-22-17-12-7-2)99-104(114)72-63-58-53-48-43-38-33-28-23-18-13-8-3/h102-106,112-116H,6-101H2,1-5H3. The summed E-state index contributed by atoms with van der Waals surface area (Å²) in [6, 6.07) is 0. The molecule has 1 fully saturated rings. The van der Waals surface area contributed by atoms with Crippen molar-refractivity contribution in [3.8, 4) is 0 Å². The molecule has 122 heavy (non-hydrogen) atoms. The summed E-state index contributed by atoms with van der Waals surface area (Å²) in [4.78, 5) is 12.3. The molecule has 16 nitrogen and oxygen atoms in total. The molecule has 0 aliphatic carbocycles. The Morgan fingerprint density at radius 2 is 0.344 bits per heavy atom. The van der Waals surface area contributed by atoms with E-state index < -0.39 is 0 Å². The Kier molecular flexibility index (Phi) is 97.2. The molecule has 0 aromatic heterocycles. The Bertz CT molecular complexity index is 1860. The fraction of sp³-hybridized carbons (Fsp3) is 1.00. The third-order valence-electron chi connectivity index (χ3n) is 26.0. The van der Waals surface area contributed by atoms with E-state index in [4.69, 9.17) is 28.4 Å². The van der Waals surface area contributed by atoms with Gasteiger partial charge < -0.3 is 58.9 Å². The molecule has 1 aliphatic rings. The highest BCUT2D eigenvalue weighted by Crippen LogP contribution is 2.22. The van der Waals surface area contributed by atoms with Gasteiger partial charge in [0.25, 0.3) is 0 Å². The van der Waals surface area contributed by atoms with E-state index in [9.17, 15) is 25.5 Å². The van der Waals surface area contributed by atoms with Gasteiger partial charge in [-0.1, -0.05) is 420 Å². The average molecular weight is 1740 g/mol. The molecule has 0 aromatic carbocycles. The summed E-state index contributed by atoms with van der Waals surface area (Å²) < 4.78 is 36.1. The Morgan fingerprint density at radius 1 is 0.180 bits per heavy atom. The van der Waals surface area contributed by atoms with E-state index in [-0.39, 0.29) is 30.5 Å². The van der Waals surface area contributed by atoms with E-state index in [1.807, 2.05) is 0 Å². The average Bonchev–Trinajstić information content (AvgIpc) is 0.909. The predicted octanol–water partition coefficient (Wildman–Crippen LogP) is 25.4. The zero-order chi connectivity index (χ0) is 87.9. The second kappa shape index (κ2) is 99.4. The monoisotopic (exact) mass is 1740 g/mol. The number of aliphatic hydroxyl groups excluding tert-OH is 5. The van der Waals surface area contributed by atoms with Gasteiger partial charge in [0.05, 0.1) is 83.4 Å². The van der Waals surface area contributed by atoms with Gasteiger partial charge >= 0.3 is 0 Å². The zero-order valence-electron chi connectivity index (χ0n) is 82.7. The van der Waals surface area contributed by atoms with Crippen molar-refractivity contribution < 1.29 is 54.0 Å². The SMILES string of the molecule is CCCCCCCCCCCCCCC(O)CN(CCCOCCOCCOCCCN(CC(O)CCCCCCCCCCCCCC)CC(O)CCCCCCCCCCCCCC)CCN1CCN(CCCOCCOCCOCCCN(CC(O)CCCCCCCCCCCCCC)CC(O)CCCCCCCCCCCCCC)CC1. The summed E-state index contributed by atoms with van der Waals surface area (Å²) >= 11 is 0. The first kappa shape index (κ1) is 119. The smallest absolute Gasteiger partial charge is 0.0701 e. The Morgan fingerprint density at radius 3 is 0.557 bits per heavy atom. The largest absolute Gasteiger partial charge is 0.392 e. The number of rotatable bonds is 106. The molecular formula is C106H217N5O11. The predicted molar refractivity (Wildman–Crippen MR) is 524 cm³/mol. The normalized spacial score (nSPS) is 14.4. The molecule has 1 rings (SSSR count). The quantitative estimate of drug-likeness (QED) is 0.0364. The van der Waals surface area contributed by atoms with E-state index in [2.05, 4.69) is 59.1 Å². The van der Waals surface area contributed by atoms with Gasteiger partial charge in [0.2, 0.25) is 0 Å². The van der Waals surface area contributed by atoms with E-state index >= 15 is 0 Å². The molecule has 732 valence electrons. The number of nitrogens with zero attached hydrogens (tertiary/aromatic N) is 5. The van der Waals surface area contributed by atoms with Crippen LogP contribution in [0.5, 0.6) is 0 Å². The van der Waals surface area contributed by atoms with Crippen molar-refractivity contribution in [2.45, 2.75) is 508 Å². The summed E-state index contributed by atoms with van der Waals surface area (Å²) in [5.74, 6) is 0. The van der Waals surface area contributed by atoms with Crippen LogP contribution < -0.4 is 0 Å². The third kappa shape index (κ3) is 89.9. The number of aliphatic hydroxyl groups is 5. The van der Waals surface area contributed by atoms with E-state index in [0.29, 0.717) is 98.9 Å². The Labute approximate surface area is 760 Å². The minimum absolute atomic E-state index is 0.305. The summed E-state index contributed by atoms with van der Waals surface area (Å²) in [6.45, 7) is 31.6. The number of ether oxygens (including phenoxy) is 6. The van der Waals surface area contributed by atoms with Gasteiger partial charge in [0.1, 0.15) is 0 Å². The number of unbranched alkanes of at least 4 members (excludes halogenated alkanes) is 55. The highest BCUT2D eigenvalue weighted by atomic mass is 16.5. The molecule has 1 heterocycles. The molecule has 1 aliphatic heterocycles. The molecule has 0 radical (unpaired) electrons. The maximum absolute atomic E-state index is 11.4. The highest BCUT2D eigenvalue weighted by Gasteiger charge is 2.22. The molecule has 16 heteroatoms. The summed E-state index contributed by atoms with van der Waals surface area (Å²) in [5, 5.41) is 56.2. The second-order valence-corrected chi connectivity index (χ2v) is 38.2. The van der Waals surface area contributed by atoms with Gasteiger partial charge in [0.15, 0.2) is 0 Å². The molecule has 0 bridgehead atoms. The Balaban J connectivity index is 2.50. The van der Waals surface area contributed by atoms with Gasteiger partial charge in [-0.3, -0.25) is 19.6 Å². The minimum atomic E-state index is -0.363. The molecular weight excluding hydrogens is 1520 g/mol. The Hall–Kier alpha value is -0.640. The number of hydrogen-bond donors (Lipinski definition) is 5. The van der Waals surface area contributed by atoms with E-state index in [1.54, 1.807) is 0 Å². The number of hydrogen-bond acceptors (Lipinski definition) is 16. The first-order valence-corrected chi connectivity index (χ1v) is 54.6. The van der Waals surface area contributed by atoms with Crippen LogP contribution in [0.15, 0.2) is 0 Å².